The van der Waals surface area contributed by atoms with Gasteiger partial charge in [0.15, 0.2) is 11.5 Å². The quantitative estimate of drug-likeness (QED) is 0.178. The van der Waals surface area contributed by atoms with Gasteiger partial charge in [0.2, 0.25) is 5.75 Å². The van der Waals surface area contributed by atoms with Crippen molar-refractivity contribution in [3.05, 3.63) is 17.7 Å². The molecule has 0 heterocycles. The van der Waals surface area contributed by atoms with E-state index in [0.29, 0.717) is 12.4 Å². The van der Waals surface area contributed by atoms with Gasteiger partial charge in [-0.25, -0.2) is 4.79 Å². The van der Waals surface area contributed by atoms with E-state index in [-0.39, 0.29) is 11.5 Å². The van der Waals surface area contributed by atoms with Crippen LogP contribution in [0.15, 0.2) is 12.1 Å². The molecule has 0 bridgehead atoms. The van der Waals surface area contributed by atoms with E-state index in [0.717, 1.165) is 37.7 Å². The summed E-state index contributed by atoms with van der Waals surface area (Å²) in [7, 11) is 0. The monoisotopic (exact) mass is 394 g/mol. The van der Waals surface area contributed by atoms with Crippen molar-refractivity contribution in [1.29, 1.82) is 0 Å². The van der Waals surface area contributed by atoms with Crippen molar-refractivity contribution in [2.75, 3.05) is 6.61 Å². The van der Waals surface area contributed by atoms with Gasteiger partial charge in [-0.2, -0.15) is 0 Å². The molecule has 160 valence electrons. The number of carboxylic acid groups (broad SMARTS) is 1. The highest BCUT2D eigenvalue weighted by Crippen LogP contribution is 2.40. The third kappa shape index (κ3) is 9.86. The normalized spacial score (nSPS) is 10.8. The Bertz CT molecular complexity index is 556. The Labute approximate surface area is 170 Å². The number of phenolic OH excluding ortho intramolecular Hbond substituents is 1. The molecule has 0 radical (unpaired) electrons. The van der Waals surface area contributed by atoms with Gasteiger partial charge in [0.05, 0.1) is 6.61 Å². The highest BCUT2D eigenvalue weighted by atomic mass is 16.7. The number of unbranched alkanes of at least 4 members (excludes halogenated alkanes) is 10. The number of ether oxygens (including phenoxy) is 2. The molecular weight excluding hydrogens is 356 g/mol. The zero-order valence-corrected chi connectivity index (χ0v) is 17.7. The summed E-state index contributed by atoms with van der Waals surface area (Å²) in [4.78, 5) is 10.8. The molecule has 0 saturated carbocycles. The van der Waals surface area contributed by atoms with Crippen molar-refractivity contribution in [3.63, 3.8) is 0 Å². The average Bonchev–Trinajstić information content (AvgIpc) is 2.67. The maximum atomic E-state index is 10.8. The van der Waals surface area contributed by atoms with Crippen LogP contribution in [0.25, 0.3) is 0 Å². The molecule has 0 aliphatic carbocycles. The van der Waals surface area contributed by atoms with Crippen LogP contribution in [0.4, 0.5) is 4.79 Å². The lowest BCUT2D eigenvalue weighted by Gasteiger charge is -2.15. The van der Waals surface area contributed by atoms with Crippen LogP contribution in [0.1, 0.15) is 96.5 Å². The fourth-order valence-corrected chi connectivity index (χ4v) is 3.28. The molecule has 0 atom stereocenters. The molecule has 5 heteroatoms. The molecule has 1 rings (SSSR count). The third-order valence-electron chi connectivity index (χ3n) is 4.92. The van der Waals surface area contributed by atoms with Crippen LogP contribution in [0.3, 0.4) is 0 Å². The van der Waals surface area contributed by atoms with Gasteiger partial charge < -0.3 is 19.7 Å². The van der Waals surface area contributed by atoms with E-state index in [1.807, 2.05) is 0 Å². The molecule has 0 fully saturated rings. The Morgan fingerprint density at radius 1 is 0.857 bits per heavy atom. The second kappa shape index (κ2) is 15.1. The molecule has 5 nitrogen and oxygen atoms in total. The number of benzene rings is 1. The molecule has 2 N–H and O–H groups in total. The zero-order chi connectivity index (χ0) is 20.6. The van der Waals surface area contributed by atoms with E-state index in [2.05, 4.69) is 18.6 Å². The molecule has 28 heavy (non-hydrogen) atoms. The number of hydrogen-bond donors (Lipinski definition) is 2. The Kier molecular flexibility index (Phi) is 13.0. The molecule has 0 aromatic heterocycles. The molecule has 0 aliphatic rings. The standard InChI is InChI=1S/C23H38O5/c1-3-5-7-9-11-13-15-19-16-17-20(28-23(25)26)21(24)22(19)27-18-14-12-10-8-6-4-2/h16-17,24H,3-15,18H2,1-2H3,(H,25,26). The van der Waals surface area contributed by atoms with Gasteiger partial charge in [-0.3, -0.25) is 0 Å². The van der Waals surface area contributed by atoms with E-state index >= 15 is 0 Å². The lowest BCUT2D eigenvalue weighted by Crippen LogP contribution is -2.06. The van der Waals surface area contributed by atoms with Crippen LogP contribution >= 0.6 is 0 Å². The number of phenols is 1. The summed E-state index contributed by atoms with van der Waals surface area (Å²) >= 11 is 0. The summed E-state index contributed by atoms with van der Waals surface area (Å²) < 4.78 is 10.5. The smallest absolute Gasteiger partial charge is 0.502 e. The maximum absolute atomic E-state index is 10.8. The summed E-state index contributed by atoms with van der Waals surface area (Å²) in [5.74, 6) is 0.0925. The molecule has 0 unspecified atom stereocenters. The summed E-state index contributed by atoms with van der Waals surface area (Å²) in [6.07, 6.45) is 13.4. The number of hydrogen-bond acceptors (Lipinski definition) is 4. The highest BCUT2D eigenvalue weighted by Gasteiger charge is 2.17. The SMILES string of the molecule is CCCCCCCCOc1c(CCCCCCCC)ccc(OC(=O)O)c1O. The van der Waals surface area contributed by atoms with Gasteiger partial charge in [0.25, 0.3) is 0 Å². The van der Waals surface area contributed by atoms with Gasteiger partial charge in [-0.05, 0) is 30.9 Å². The van der Waals surface area contributed by atoms with Crippen molar-refractivity contribution in [2.45, 2.75) is 97.3 Å². The van der Waals surface area contributed by atoms with Gasteiger partial charge in [-0.15, -0.1) is 0 Å². The first-order valence-corrected chi connectivity index (χ1v) is 11.0. The molecule has 0 aliphatic heterocycles. The topological polar surface area (TPSA) is 76.0 Å². The van der Waals surface area contributed by atoms with Crippen molar-refractivity contribution < 1.29 is 24.5 Å². The van der Waals surface area contributed by atoms with Crippen molar-refractivity contribution >= 4 is 6.16 Å². The molecule has 0 amide bonds. The van der Waals surface area contributed by atoms with E-state index < -0.39 is 6.16 Å². The second-order valence-electron chi connectivity index (χ2n) is 7.40. The first kappa shape index (κ1) is 24.1. The molecular formula is C23H38O5. The van der Waals surface area contributed by atoms with Gasteiger partial charge in [0, 0.05) is 0 Å². The first-order valence-electron chi connectivity index (χ1n) is 11.0. The van der Waals surface area contributed by atoms with Crippen LogP contribution in [0.2, 0.25) is 0 Å². The van der Waals surface area contributed by atoms with E-state index in [4.69, 9.17) is 9.84 Å². The van der Waals surface area contributed by atoms with E-state index in [9.17, 15) is 9.90 Å². The van der Waals surface area contributed by atoms with Crippen molar-refractivity contribution in [3.8, 4) is 17.2 Å². The molecule has 1 aromatic rings. The second-order valence-corrected chi connectivity index (χ2v) is 7.40. The third-order valence-corrected chi connectivity index (χ3v) is 4.92. The van der Waals surface area contributed by atoms with Crippen LogP contribution in [0, 0.1) is 0 Å². The van der Waals surface area contributed by atoms with Crippen LogP contribution in [-0.4, -0.2) is 23.0 Å². The summed E-state index contributed by atoms with van der Waals surface area (Å²) in [6.45, 7) is 4.92. The largest absolute Gasteiger partial charge is 0.511 e. The number of carbonyl (C=O) groups is 1. The van der Waals surface area contributed by atoms with Gasteiger partial charge >= 0.3 is 6.16 Å². The number of aromatic hydroxyl groups is 1. The molecule has 0 spiro atoms. The predicted octanol–water partition coefficient (Wildman–Crippen LogP) is 7.09. The minimum atomic E-state index is -1.44. The van der Waals surface area contributed by atoms with E-state index in [1.54, 1.807) is 6.07 Å². The Balaban J connectivity index is 2.62. The lowest BCUT2D eigenvalue weighted by atomic mass is 10.0. The minimum Gasteiger partial charge on any atom is -0.502 e. The summed E-state index contributed by atoms with van der Waals surface area (Å²) in [5.41, 5.74) is 0.914. The maximum Gasteiger partial charge on any atom is 0.511 e. The number of aryl methyl sites for hydroxylation is 1. The summed E-state index contributed by atoms with van der Waals surface area (Å²) in [6, 6.07) is 3.31. The first-order chi connectivity index (χ1) is 13.6. The van der Waals surface area contributed by atoms with E-state index in [1.165, 1.54) is 57.4 Å². The van der Waals surface area contributed by atoms with Crippen LogP contribution in [0.5, 0.6) is 17.2 Å². The van der Waals surface area contributed by atoms with Crippen molar-refractivity contribution in [1.82, 2.24) is 0 Å². The van der Waals surface area contributed by atoms with Gasteiger partial charge in [-0.1, -0.05) is 84.1 Å². The predicted molar refractivity (Wildman–Crippen MR) is 113 cm³/mol. The van der Waals surface area contributed by atoms with Crippen LogP contribution < -0.4 is 9.47 Å². The molecule has 0 saturated heterocycles. The minimum absolute atomic E-state index is 0.0721. The zero-order valence-electron chi connectivity index (χ0n) is 17.7. The Morgan fingerprint density at radius 2 is 1.43 bits per heavy atom. The summed E-state index contributed by atoms with van der Waals surface area (Å²) in [5, 5.41) is 19.3. The Morgan fingerprint density at radius 3 is 2.04 bits per heavy atom. The fraction of sp³-hybridized carbons (Fsp3) is 0.696. The fourth-order valence-electron chi connectivity index (χ4n) is 3.28. The van der Waals surface area contributed by atoms with Crippen LogP contribution in [-0.2, 0) is 6.42 Å². The Hall–Kier alpha value is -1.91. The lowest BCUT2D eigenvalue weighted by molar-refractivity contribution is 0.142. The van der Waals surface area contributed by atoms with Crippen molar-refractivity contribution in [2.24, 2.45) is 0 Å². The van der Waals surface area contributed by atoms with Gasteiger partial charge in [0.1, 0.15) is 0 Å². The molecule has 1 aromatic carbocycles. The highest BCUT2D eigenvalue weighted by molar-refractivity contribution is 5.65. The average molecular weight is 395 g/mol. The number of rotatable bonds is 16.